The third-order valence-corrected chi connectivity index (χ3v) is 10.5. The molecule has 1 aromatic carbocycles. The first-order chi connectivity index (χ1) is 18.7. The van der Waals surface area contributed by atoms with Crippen LogP contribution in [0, 0.1) is 11.3 Å². The van der Waals surface area contributed by atoms with Gasteiger partial charge in [-0.05, 0) is 49.9 Å². The number of furan rings is 1. The molecule has 204 valence electrons. The van der Waals surface area contributed by atoms with Gasteiger partial charge in [-0.3, -0.25) is 9.59 Å². The van der Waals surface area contributed by atoms with E-state index in [9.17, 15) is 23.3 Å². The fourth-order valence-corrected chi connectivity index (χ4v) is 7.42. The van der Waals surface area contributed by atoms with E-state index in [1.54, 1.807) is 12.1 Å². The normalized spacial score (nSPS) is 21.2. The molecule has 3 fully saturated rings. The minimum Gasteiger partial charge on any atom is -0.451 e. The Morgan fingerprint density at radius 3 is 2.49 bits per heavy atom. The maximum absolute atomic E-state index is 13.3. The summed E-state index contributed by atoms with van der Waals surface area (Å²) < 4.78 is 29.4. The zero-order valence-corrected chi connectivity index (χ0v) is 23.0. The molecule has 3 aliphatic rings. The van der Waals surface area contributed by atoms with Crippen LogP contribution in [0.25, 0.3) is 22.2 Å². The van der Waals surface area contributed by atoms with Crippen LogP contribution in [0.5, 0.6) is 0 Å². The van der Waals surface area contributed by atoms with Gasteiger partial charge in [-0.2, -0.15) is 5.26 Å². The van der Waals surface area contributed by atoms with Crippen molar-refractivity contribution in [1.29, 1.82) is 5.26 Å². The van der Waals surface area contributed by atoms with Crippen molar-refractivity contribution in [3.63, 3.8) is 0 Å². The Balaban J connectivity index is 1.20. The summed E-state index contributed by atoms with van der Waals surface area (Å²) in [4.78, 5) is 33.3. The lowest BCUT2D eigenvalue weighted by atomic mass is 9.80. The van der Waals surface area contributed by atoms with E-state index in [2.05, 4.69) is 16.7 Å². The molecule has 12 heteroatoms. The molecule has 2 aromatic heterocycles. The number of amides is 2. The van der Waals surface area contributed by atoms with Crippen LogP contribution in [0.4, 0.5) is 5.13 Å². The van der Waals surface area contributed by atoms with Crippen LogP contribution in [-0.2, 0) is 14.6 Å². The van der Waals surface area contributed by atoms with Crippen LogP contribution >= 0.6 is 11.3 Å². The Hall–Kier alpha value is -3.43. The van der Waals surface area contributed by atoms with Gasteiger partial charge in [-0.1, -0.05) is 19.3 Å². The summed E-state index contributed by atoms with van der Waals surface area (Å²) in [7, 11) is -2.97. The average molecular weight is 568 g/mol. The molecule has 39 heavy (non-hydrogen) atoms. The minimum absolute atomic E-state index is 0.120. The van der Waals surface area contributed by atoms with Crippen molar-refractivity contribution in [2.75, 3.05) is 29.5 Å². The fraction of sp³-hybridized carbons (Fsp3) is 0.481. The van der Waals surface area contributed by atoms with Crippen LogP contribution in [0.2, 0.25) is 0 Å². The molecule has 6 rings (SSSR count). The Morgan fingerprint density at radius 2 is 1.79 bits per heavy atom. The number of nitriles is 1. The quantitative estimate of drug-likeness (QED) is 0.461. The number of sulfone groups is 1. The van der Waals surface area contributed by atoms with Crippen molar-refractivity contribution < 1.29 is 22.4 Å². The topological polar surface area (TPSA) is 145 Å². The highest BCUT2D eigenvalue weighted by molar-refractivity contribution is 7.91. The van der Waals surface area contributed by atoms with Gasteiger partial charge in [0.25, 0.3) is 5.91 Å². The highest BCUT2D eigenvalue weighted by atomic mass is 32.2. The lowest BCUT2D eigenvalue weighted by Crippen LogP contribution is -2.61. The van der Waals surface area contributed by atoms with E-state index in [0.29, 0.717) is 44.4 Å². The Labute approximate surface area is 230 Å². The predicted molar refractivity (Wildman–Crippen MR) is 147 cm³/mol. The predicted octanol–water partition coefficient (Wildman–Crippen LogP) is 3.40. The summed E-state index contributed by atoms with van der Waals surface area (Å²) in [5.74, 6) is -0.359. The van der Waals surface area contributed by atoms with Gasteiger partial charge in [-0.15, -0.1) is 11.3 Å². The molecule has 2 amide bonds. The van der Waals surface area contributed by atoms with Crippen LogP contribution in [0.3, 0.4) is 0 Å². The van der Waals surface area contributed by atoms with E-state index in [1.807, 2.05) is 22.4 Å². The van der Waals surface area contributed by atoms with Gasteiger partial charge in [0.05, 0.1) is 23.3 Å². The number of rotatable bonds is 6. The molecule has 2 aliphatic carbocycles. The SMILES string of the molecule is N#CC1(NC(=O)C2(NC(=O)c3cc4cc(-c5csc(N6CCS(=O)(=O)CC6)n5)ccc4o3)CCCCC2)CC1. The first kappa shape index (κ1) is 25.8. The number of fused-ring (bicyclic) bond motifs is 1. The van der Waals surface area contributed by atoms with Crippen LogP contribution in [0.15, 0.2) is 34.1 Å². The Kier molecular flexibility index (Phi) is 6.38. The summed E-state index contributed by atoms with van der Waals surface area (Å²) in [5, 5.41) is 18.7. The van der Waals surface area contributed by atoms with E-state index < -0.39 is 26.8 Å². The third-order valence-electron chi connectivity index (χ3n) is 7.95. The van der Waals surface area contributed by atoms with E-state index >= 15 is 0 Å². The fourth-order valence-electron chi connectivity index (χ4n) is 5.33. The van der Waals surface area contributed by atoms with Crippen molar-refractivity contribution in [3.8, 4) is 17.3 Å². The lowest BCUT2D eigenvalue weighted by Gasteiger charge is -2.37. The summed E-state index contributed by atoms with van der Waals surface area (Å²) in [6.07, 6.45) is 4.93. The number of carbonyl (C=O) groups is 2. The molecule has 0 unspecified atom stereocenters. The van der Waals surface area contributed by atoms with E-state index in [0.717, 1.165) is 41.0 Å². The maximum Gasteiger partial charge on any atom is 0.287 e. The highest BCUT2D eigenvalue weighted by Gasteiger charge is 2.50. The van der Waals surface area contributed by atoms with Crippen molar-refractivity contribution in [1.82, 2.24) is 15.6 Å². The van der Waals surface area contributed by atoms with E-state index in [4.69, 9.17) is 9.40 Å². The van der Waals surface area contributed by atoms with E-state index in [-0.39, 0.29) is 23.2 Å². The summed E-state index contributed by atoms with van der Waals surface area (Å²) in [6, 6.07) is 9.43. The molecular weight excluding hydrogens is 538 g/mol. The summed E-state index contributed by atoms with van der Waals surface area (Å²) in [5.41, 5.74) is 0.308. The number of nitrogens with zero attached hydrogens (tertiary/aromatic N) is 3. The average Bonchev–Trinajstić information content (AvgIpc) is 3.32. The molecule has 0 radical (unpaired) electrons. The molecule has 2 saturated carbocycles. The standard InChI is InChI=1S/C27H29N5O5S2/c28-17-26(8-9-26)31-24(34)27(6-2-1-3-7-27)30-23(33)22-15-19-14-18(4-5-21(19)37-22)20-16-38-25(29-20)32-10-12-39(35,36)13-11-32/h4-5,14-16H,1-3,6-13H2,(H,30,33)(H,31,34). The van der Waals surface area contributed by atoms with Crippen LogP contribution in [-0.4, -0.2) is 60.9 Å². The molecule has 1 saturated heterocycles. The molecule has 10 nitrogen and oxygen atoms in total. The molecule has 3 aromatic rings. The number of hydrogen-bond acceptors (Lipinski definition) is 9. The van der Waals surface area contributed by atoms with Gasteiger partial charge in [0.15, 0.2) is 20.7 Å². The van der Waals surface area contributed by atoms with Crippen LogP contribution in [0.1, 0.15) is 55.5 Å². The van der Waals surface area contributed by atoms with Gasteiger partial charge < -0.3 is 20.0 Å². The van der Waals surface area contributed by atoms with E-state index in [1.165, 1.54) is 11.3 Å². The van der Waals surface area contributed by atoms with Gasteiger partial charge in [0, 0.05) is 29.4 Å². The van der Waals surface area contributed by atoms with Gasteiger partial charge in [0.2, 0.25) is 5.91 Å². The van der Waals surface area contributed by atoms with Crippen LogP contribution < -0.4 is 15.5 Å². The highest BCUT2D eigenvalue weighted by Crippen LogP contribution is 2.37. The molecule has 0 bridgehead atoms. The molecule has 0 atom stereocenters. The lowest BCUT2D eigenvalue weighted by molar-refractivity contribution is -0.129. The smallest absolute Gasteiger partial charge is 0.287 e. The number of hydrogen-bond donors (Lipinski definition) is 2. The minimum atomic E-state index is -2.97. The molecular formula is C27H29N5O5S2. The van der Waals surface area contributed by atoms with Gasteiger partial charge >= 0.3 is 0 Å². The zero-order chi connectivity index (χ0) is 27.3. The first-order valence-electron chi connectivity index (χ1n) is 13.2. The number of carbonyl (C=O) groups excluding carboxylic acids is 2. The van der Waals surface area contributed by atoms with Crippen molar-refractivity contribution in [2.24, 2.45) is 0 Å². The Morgan fingerprint density at radius 1 is 1.05 bits per heavy atom. The number of aromatic nitrogens is 1. The number of nitrogens with one attached hydrogen (secondary N) is 2. The van der Waals surface area contributed by atoms with Crippen molar-refractivity contribution in [2.45, 2.75) is 56.0 Å². The third kappa shape index (κ3) is 5.13. The first-order valence-corrected chi connectivity index (χ1v) is 15.9. The van der Waals surface area contributed by atoms with Gasteiger partial charge in [0.1, 0.15) is 16.7 Å². The monoisotopic (exact) mass is 567 g/mol. The number of thiazole rings is 1. The zero-order valence-electron chi connectivity index (χ0n) is 21.4. The number of benzene rings is 1. The summed E-state index contributed by atoms with van der Waals surface area (Å²) in [6.45, 7) is 0.872. The van der Waals surface area contributed by atoms with Crippen molar-refractivity contribution in [3.05, 3.63) is 35.4 Å². The molecule has 3 heterocycles. The van der Waals surface area contributed by atoms with Gasteiger partial charge in [-0.25, -0.2) is 13.4 Å². The number of anilines is 1. The maximum atomic E-state index is 13.3. The second-order valence-corrected chi connectivity index (χ2v) is 13.9. The summed E-state index contributed by atoms with van der Waals surface area (Å²) >= 11 is 1.47. The largest absolute Gasteiger partial charge is 0.451 e. The second-order valence-electron chi connectivity index (χ2n) is 10.8. The molecule has 0 spiro atoms. The Bertz CT molecular complexity index is 1580. The van der Waals surface area contributed by atoms with Crippen molar-refractivity contribution >= 4 is 49.1 Å². The second kappa shape index (κ2) is 9.64. The molecule has 2 N–H and O–H groups in total. The molecule has 1 aliphatic heterocycles.